The van der Waals surface area contributed by atoms with E-state index in [1.165, 1.54) is 0 Å². The molecule has 4 nitrogen and oxygen atoms in total. The summed E-state index contributed by atoms with van der Waals surface area (Å²) in [5.74, 6) is 0.332. The van der Waals surface area contributed by atoms with Crippen LogP contribution in [0.25, 0.3) is 0 Å². The van der Waals surface area contributed by atoms with Gasteiger partial charge in [-0.15, -0.1) is 0 Å². The summed E-state index contributed by atoms with van der Waals surface area (Å²) < 4.78 is 5.08. The van der Waals surface area contributed by atoms with E-state index in [2.05, 4.69) is 17.6 Å². The lowest BCUT2D eigenvalue weighted by atomic mass is 9.92. The average molecular weight is 276 g/mol. The van der Waals surface area contributed by atoms with Crippen LogP contribution in [0.4, 0.5) is 0 Å². The number of hydrogen-bond donors (Lipinski definition) is 2. The Hall–Kier alpha value is -1.39. The van der Waals surface area contributed by atoms with Crippen LogP contribution in [0, 0.1) is 5.92 Å². The highest BCUT2D eigenvalue weighted by Crippen LogP contribution is 2.16. The van der Waals surface area contributed by atoms with Crippen molar-refractivity contribution in [3.63, 3.8) is 0 Å². The van der Waals surface area contributed by atoms with Crippen molar-refractivity contribution in [3.05, 3.63) is 35.4 Å². The Kier molecular flexibility index (Phi) is 5.56. The van der Waals surface area contributed by atoms with Gasteiger partial charge in [-0.25, -0.2) is 0 Å². The summed E-state index contributed by atoms with van der Waals surface area (Å²) in [6, 6.07) is 8.60. The molecule has 110 valence electrons. The van der Waals surface area contributed by atoms with Crippen LogP contribution in [0.2, 0.25) is 0 Å². The molecule has 0 saturated carbocycles. The molecule has 2 rings (SSSR count). The van der Waals surface area contributed by atoms with Gasteiger partial charge in [0.05, 0.1) is 6.61 Å². The topological polar surface area (TPSA) is 50.4 Å². The Morgan fingerprint density at radius 2 is 2.05 bits per heavy atom. The largest absolute Gasteiger partial charge is 0.380 e. The Balaban J connectivity index is 1.80. The first kappa shape index (κ1) is 15.0. The smallest absolute Gasteiger partial charge is 0.223 e. The van der Waals surface area contributed by atoms with Crippen molar-refractivity contribution < 1.29 is 9.53 Å². The van der Waals surface area contributed by atoms with Crippen LogP contribution in [0.5, 0.6) is 0 Å². The molecule has 4 heteroatoms. The lowest BCUT2D eigenvalue weighted by Crippen LogP contribution is -2.42. The van der Waals surface area contributed by atoms with Crippen LogP contribution < -0.4 is 10.6 Å². The Morgan fingerprint density at radius 3 is 2.70 bits per heavy atom. The minimum Gasteiger partial charge on any atom is -0.380 e. The molecule has 2 atom stereocenters. The van der Waals surface area contributed by atoms with Gasteiger partial charge in [-0.05, 0) is 37.4 Å². The molecule has 0 spiro atoms. The molecule has 1 fully saturated rings. The first-order chi connectivity index (χ1) is 9.69. The molecule has 1 aromatic rings. The normalized spacial score (nSPS) is 22.5. The molecule has 1 amide bonds. The van der Waals surface area contributed by atoms with Gasteiger partial charge in [0.1, 0.15) is 0 Å². The number of ether oxygens (including phenoxy) is 1. The summed E-state index contributed by atoms with van der Waals surface area (Å²) in [4.78, 5) is 12.1. The van der Waals surface area contributed by atoms with Crippen LogP contribution in [0.15, 0.2) is 24.3 Å². The number of rotatable bonds is 5. The van der Waals surface area contributed by atoms with Gasteiger partial charge in [-0.3, -0.25) is 4.79 Å². The van der Waals surface area contributed by atoms with Gasteiger partial charge in [0.15, 0.2) is 0 Å². The Labute approximate surface area is 120 Å². The van der Waals surface area contributed by atoms with E-state index in [-0.39, 0.29) is 11.8 Å². The average Bonchev–Trinajstić information content (AvgIpc) is 2.46. The maximum atomic E-state index is 12.1. The van der Waals surface area contributed by atoms with Gasteiger partial charge >= 0.3 is 0 Å². The highest BCUT2D eigenvalue weighted by atomic mass is 16.5. The molecule has 1 heterocycles. The molecule has 0 aliphatic carbocycles. The predicted octanol–water partition coefficient (Wildman–Crippen LogP) is 1.84. The van der Waals surface area contributed by atoms with E-state index >= 15 is 0 Å². The molecule has 1 aliphatic heterocycles. The van der Waals surface area contributed by atoms with E-state index in [4.69, 9.17) is 4.74 Å². The third-order valence-corrected chi connectivity index (χ3v) is 3.80. The van der Waals surface area contributed by atoms with Crippen molar-refractivity contribution in [1.29, 1.82) is 0 Å². The summed E-state index contributed by atoms with van der Waals surface area (Å²) in [6.07, 6.45) is 1.86. The number of carbonyl (C=O) groups is 1. The Bertz CT molecular complexity index is 431. The van der Waals surface area contributed by atoms with Crippen molar-refractivity contribution in [1.82, 2.24) is 10.6 Å². The molecular weight excluding hydrogens is 252 g/mol. The number of carbonyl (C=O) groups excluding carboxylic acids is 1. The third kappa shape index (κ3) is 4.32. The predicted molar refractivity (Wildman–Crippen MR) is 79.2 cm³/mol. The number of benzene rings is 1. The van der Waals surface area contributed by atoms with Crippen molar-refractivity contribution in [2.45, 2.75) is 39.0 Å². The fourth-order valence-corrected chi connectivity index (χ4v) is 2.62. The summed E-state index contributed by atoms with van der Waals surface area (Å²) in [5, 5.41) is 6.41. The molecular formula is C16H24N2O2. The second kappa shape index (κ2) is 7.41. The number of hydrogen-bond acceptors (Lipinski definition) is 3. The maximum absolute atomic E-state index is 12.1. The van der Waals surface area contributed by atoms with Crippen molar-refractivity contribution >= 4 is 5.91 Å². The van der Waals surface area contributed by atoms with E-state index in [1.54, 1.807) is 7.11 Å². The first-order valence-electron chi connectivity index (χ1n) is 7.27. The first-order valence-corrected chi connectivity index (χ1v) is 7.27. The minimum atomic E-state index is 0.152. The van der Waals surface area contributed by atoms with Gasteiger partial charge in [-0.1, -0.05) is 24.3 Å². The van der Waals surface area contributed by atoms with E-state index in [0.717, 1.165) is 30.5 Å². The highest BCUT2D eigenvalue weighted by Gasteiger charge is 2.24. The standard InChI is InChI=1S/C16H24N2O2/c1-12-9-15(7-8-17-12)16(19)18-10-13-3-5-14(6-4-13)11-20-2/h3-6,12,15,17H,7-11H2,1-2H3,(H,18,19)/t12-,15-/m0/s1. The second-order valence-electron chi connectivity index (χ2n) is 5.54. The molecule has 1 saturated heterocycles. The van der Waals surface area contributed by atoms with Crippen molar-refractivity contribution in [2.75, 3.05) is 13.7 Å². The SMILES string of the molecule is COCc1ccc(CNC(=O)[C@H]2CCN[C@@H](C)C2)cc1. The zero-order valence-corrected chi connectivity index (χ0v) is 12.3. The van der Waals surface area contributed by atoms with E-state index in [0.29, 0.717) is 19.2 Å². The third-order valence-electron chi connectivity index (χ3n) is 3.80. The lowest BCUT2D eigenvalue weighted by molar-refractivity contribution is -0.126. The summed E-state index contributed by atoms with van der Waals surface area (Å²) in [7, 11) is 1.69. The monoisotopic (exact) mass is 276 g/mol. The molecule has 0 unspecified atom stereocenters. The van der Waals surface area contributed by atoms with Crippen LogP contribution in [0.3, 0.4) is 0 Å². The van der Waals surface area contributed by atoms with E-state index < -0.39 is 0 Å². The quantitative estimate of drug-likeness (QED) is 0.863. The lowest BCUT2D eigenvalue weighted by Gasteiger charge is -2.27. The number of methoxy groups -OCH3 is 1. The van der Waals surface area contributed by atoms with E-state index in [1.807, 2.05) is 24.3 Å². The molecule has 1 aliphatic rings. The van der Waals surface area contributed by atoms with Gasteiger partial charge in [0.2, 0.25) is 5.91 Å². The van der Waals surface area contributed by atoms with Gasteiger partial charge < -0.3 is 15.4 Å². The molecule has 1 aromatic carbocycles. The summed E-state index contributed by atoms with van der Waals surface area (Å²) >= 11 is 0. The van der Waals surface area contributed by atoms with Gasteiger partial charge in [0, 0.05) is 25.6 Å². The summed E-state index contributed by atoms with van der Waals surface area (Å²) in [5.41, 5.74) is 2.27. The van der Waals surface area contributed by atoms with E-state index in [9.17, 15) is 4.79 Å². The van der Waals surface area contributed by atoms with Crippen LogP contribution in [0.1, 0.15) is 30.9 Å². The fraction of sp³-hybridized carbons (Fsp3) is 0.562. The summed E-state index contributed by atoms with van der Waals surface area (Å²) in [6.45, 7) is 4.29. The van der Waals surface area contributed by atoms with Crippen molar-refractivity contribution in [2.24, 2.45) is 5.92 Å². The highest BCUT2D eigenvalue weighted by molar-refractivity contribution is 5.78. The van der Waals surface area contributed by atoms with Gasteiger partial charge in [0.25, 0.3) is 0 Å². The molecule has 0 radical (unpaired) electrons. The number of piperidine rings is 1. The fourth-order valence-electron chi connectivity index (χ4n) is 2.62. The second-order valence-corrected chi connectivity index (χ2v) is 5.54. The van der Waals surface area contributed by atoms with Crippen LogP contribution in [-0.4, -0.2) is 25.6 Å². The number of amides is 1. The number of nitrogens with one attached hydrogen (secondary N) is 2. The minimum absolute atomic E-state index is 0.152. The molecule has 0 bridgehead atoms. The maximum Gasteiger partial charge on any atom is 0.223 e. The zero-order valence-electron chi connectivity index (χ0n) is 12.3. The van der Waals surface area contributed by atoms with Crippen LogP contribution in [-0.2, 0) is 22.7 Å². The van der Waals surface area contributed by atoms with Crippen LogP contribution >= 0.6 is 0 Å². The molecule has 0 aromatic heterocycles. The molecule has 2 N–H and O–H groups in total. The Morgan fingerprint density at radius 1 is 1.35 bits per heavy atom. The zero-order chi connectivity index (χ0) is 14.4. The molecule has 20 heavy (non-hydrogen) atoms. The van der Waals surface area contributed by atoms with Crippen molar-refractivity contribution in [3.8, 4) is 0 Å². The van der Waals surface area contributed by atoms with Gasteiger partial charge in [-0.2, -0.15) is 0 Å².